The van der Waals surface area contributed by atoms with Crippen LogP contribution in [0.2, 0.25) is 0 Å². The maximum Gasteiger partial charge on any atom is 0.197 e. The third-order valence-electron chi connectivity index (χ3n) is 16.2. The van der Waals surface area contributed by atoms with Crippen LogP contribution in [-0.2, 0) is 28.4 Å². The molecular formula is C39H64O15. The standard InChI is InChI=1S/C39H64O15/c1-16-9-27(42)39(49-15-16)17(2)28-24(54-39)12-21-19-11-23(51-36-34(48)32(46)30(44)26(14-41)53-36)22-10-18(5-7-37(22,3)20(19)6-8-38(21,28)4)50-35-33(47)31(45)29(43)25(13-40)52-35/h16-36,40-48H,5-15H2,1-4H3/t16?,17-,18-,19?,20?,21?,22+,23-,24?,25+,26+,27?,28?,29+,30+,31-,32-,33+,34+,35?,36+,37+,38-,39-/m0/s1. The Hall–Kier alpha value is -0.600. The van der Waals surface area contributed by atoms with E-state index < -0.39 is 98.7 Å². The van der Waals surface area contributed by atoms with Gasteiger partial charge in [-0.3, -0.25) is 0 Å². The van der Waals surface area contributed by atoms with Crippen molar-refractivity contribution in [2.45, 2.75) is 171 Å². The molecule has 8 unspecified atom stereocenters. The summed E-state index contributed by atoms with van der Waals surface area (Å²) in [5.41, 5.74) is -0.330. The first-order chi connectivity index (χ1) is 25.6. The van der Waals surface area contributed by atoms with Gasteiger partial charge in [0.25, 0.3) is 0 Å². The lowest BCUT2D eigenvalue weighted by Crippen LogP contribution is -2.63. The van der Waals surface area contributed by atoms with Crippen LogP contribution in [-0.4, -0.2) is 157 Å². The Balaban J connectivity index is 1.07. The Morgan fingerprint density at radius 1 is 0.648 bits per heavy atom. The van der Waals surface area contributed by atoms with Gasteiger partial charge in [-0.1, -0.05) is 27.7 Å². The lowest BCUT2D eigenvalue weighted by atomic mass is 9.43. The summed E-state index contributed by atoms with van der Waals surface area (Å²) >= 11 is 0. The van der Waals surface area contributed by atoms with Crippen molar-refractivity contribution in [1.82, 2.24) is 0 Å². The van der Waals surface area contributed by atoms with Gasteiger partial charge in [0.05, 0.1) is 38.1 Å². The van der Waals surface area contributed by atoms with Gasteiger partial charge < -0.3 is 74.4 Å². The van der Waals surface area contributed by atoms with Crippen molar-refractivity contribution in [3.8, 4) is 0 Å². The number of aliphatic hydroxyl groups excluding tert-OH is 9. The highest BCUT2D eigenvalue weighted by Crippen LogP contribution is 2.71. The van der Waals surface area contributed by atoms with E-state index in [9.17, 15) is 46.0 Å². The van der Waals surface area contributed by atoms with Crippen molar-refractivity contribution in [1.29, 1.82) is 0 Å². The molecule has 8 aliphatic rings. The highest BCUT2D eigenvalue weighted by atomic mass is 16.7. The van der Waals surface area contributed by atoms with E-state index in [1.165, 1.54) is 0 Å². The molecular weight excluding hydrogens is 708 g/mol. The zero-order valence-corrected chi connectivity index (χ0v) is 31.9. The van der Waals surface area contributed by atoms with Gasteiger partial charge in [-0.05, 0) is 97.7 Å². The van der Waals surface area contributed by atoms with E-state index in [4.69, 9.17) is 28.4 Å². The van der Waals surface area contributed by atoms with Crippen molar-refractivity contribution in [2.24, 2.45) is 52.3 Å². The smallest absolute Gasteiger partial charge is 0.197 e. The van der Waals surface area contributed by atoms with E-state index in [-0.39, 0.29) is 52.4 Å². The lowest BCUT2D eigenvalue weighted by molar-refractivity contribution is -0.335. The van der Waals surface area contributed by atoms with Gasteiger partial charge in [0.15, 0.2) is 18.4 Å². The second-order valence-electron chi connectivity index (χ2n) is 19.0. The molecule has 8 rings (SSSR count). The number of hydrogen-bond acceptors (Lipinski definition) is 15. The van der Waals surface area contributed by atoms with Gasteiger partial charge in [0.2, 0.25) is 0 Å². The van der Waals surface area contributed by atoms with Gasteiger partial charge in [-0.15, -0.1) is 0 Å². The SMILES string of the molecule is CC1CO[C@@]2(OC3CC4C5C[C@H](O[C@@H]6O[C@H](CO)[C@@H](O)[C@H](O)[C@H]6O)[C@H]6C[C@@H](OC7O[C@H](CO)[C@@H](O)[C@H](O)[C@H]7O)CC[C@]6(C)C5CC[C@]4(C)C3[C@@H]2C)C(O)C1. The molecule has 0 aromatic rings. The van der Waals surface area contributed by atoms with Crippen molar-refractivity contribution >= 4 is 0 Å². The third-order valence-corrected chi connectivity index (χ3v) is 16.2. The summed E-state index contributed by atoms with van der Waals surface area (Å²) in [7, 11) is 0. The molecule has 4 aliphatic heterocycles. The maximum atomic E-state index is 11.3. The minimum atomic E-state index is -1.59. The van der Waals surface area contributed by atoms with Gasteiger partial charge in [0, 0.05) is 5.92 Å². The molecule has 0 radical (unpaired) electrons. The first-order valence-electron chi connectivity index (χ1n) is 20.5. The van der Waals surface area contributed by atoms with Crippen LogP contribution in [0.4, 0.5) is 0 Å². The summed E-state index contributed by atoms with van der Waals surface area (Å²) in [6.45, 7) is 8.39. The molecule has 4 saturated carbocycles. The first kappa shape index (κ1) is 40.2. The summed E-state index contributed by atoms with van der Waals surface area (Å²) in [5.74, 6) is 0.156. The number of aliphatic hydroxyl groups is 9. The fraction of sp³-hybridized carbons (Fsp3) is 1.00. The van der Waals surface area contributed by atoms with Crippen molar-refractivity contribution < 1.29 is 74.4 Å². The molecule has 4 aliphatic carbocycles. The van der Waals surface area contributed by atoms with E-state index in [1.807, 2.05) is 0 Å². The first-order valence-corrected chi connectivity index (χ1v) is 20.5. The van der Waals surface area contributed by atoms with Crippen LogP contribution in [0.25, 0.3) is 0 Å². The third kappa shape index (κ3) is 6.09. The monoisotopic (exact) mass is 772 g/mol. The summed E-state index contributed by atoms with van der Waals surface area (Å²) in [5, 5.41) is 94.9. The fourth-order valence-corrected chi connectivity index (χ4v) is 13.4. The second kappa shape index (κ2) is 14.6. The minimum Gasteiger partial charge on any atom is -0.394 e. The predicted octanol–water partition coefficient (Wildman–Crippen LogP) is -0.616. The van der Waals surface area contributed by atoms with Crippen LogP contribution < -0.4 is 0 Å². The van der Waals surface area contributed by atoms with E-state index in [2.05, 4.69) is 27.7 Å². The molecule has 24 atom stereocenters. The largest absolute Gasteiger partial charge is 0.394 e. The number of hydrogen-bond donors (Lipinski definition) is 9. The summed E-state index contributed by atoms with van der Waals surface area (Å²) in [6, 6.07) is 0. The van der Waals surface area contributed by atoms with E-state index in [0.29, 0.717) is 38.2 Å². The van der Waals surface area contributed by atoms with Crippen LogP contribution >= 0.6 is 0 Å². The normalized spacial score (nSPS) is 60.1. The Morgan fingerprint density at radius 3 is 1.87 bits per heavy atom. The quantitative estimate of drug-likeness (QED) is 0.153. The summed E-state index contributed by atoms with van der Waals surface area (Å²) in [4.78, 5) is 0. The van der Waals surface area contributed by atoms with Crippen LogP contribution in [0, 0.1) is 52.3 Å². The molecule has 54 heavy (non-hydrogen) atoms. The lowest BCUT2D eigenvalue weighted by Gasteiger charge is -2.63. The maximum absolute atomic E-state index is 11.3. The Labute approximate surface area is 316 Å². The van der Waals surface area contributed by atoms with Crippen LogP contribution in [0.3, 0.4) is 0 Å². The van der Waals surface area contributed by atoms with E-state index >= 15 is 0 Å². The van der Waals surface area contributed by atoms with Gasteiger partial charge in [-0.25, -0.2) is 0 Å². The highest BCUT2D eigenvalue weighted by molar-refractivity contribution is 5.17. The molecule has 15 heteroatoms. The predicted molar refractivity (Wildman–Crippen MR) is 186 cm³/mol. The Morgan fingerprint density at radius 2 is 1.26 bits per heavy atom. The molecule has 8 fully saturated rings. The Kier molecular flexibility index (Phi) is 10.9. The molecule has 4 saturated heterocycles. The van der Waals surface area contributed by atoms with Gasteiger partial charge in [0.1, 0.15) is 54.9 Å². The minimum absolute atomic E-state index is 0.000329. The van der Waals surface area contributed by atoms with Crippen molar-refractivity contribution in [3.05, 3.63) is 0 Å². The molecule has 0 amide bonds. The summed E-state index contributed by atoms with van der Waals surface area (Å²) in [6.07, 6.45) is -9.78. The number of rotatable bonds is 6. The molecule has 0 aromatic heterocycles. The Bertz CT molecular complexity index is 1340. The molecule has 0 aromatic carbocycles. The molecule has 1 spiro atoms. The second-order valence-corrected chi connectivity index (χ2v) is 19.0. The van der Waals surface area contributed by atoms with E-state index in [1.54, 1.807) is 0 Å². The average molecular weight is 773 g/mol. The summed E-state index contributed by atoms with van der Waals surface area (Å²) < 4.78 is 37.9. The van der Waals surface area contributed by atoms with E-state index in [0.717, 1.165) is 25.7 Å². The highest BCUT2D eigenvalue weighted by Gasteiger charge is 2.71. The van der Waals surface area contributed by atoms with Crippen molar-refractivity contribution in [2.75, 3.05) is 19.8 Å². The van der Waals surface area contributed by atoms with Gasteiger partial charge in [-0.2, -0.15) is 0 Å². The number of fused-ring (bicyclic) bond motifs is 7. The number of ether oxygens (including phenoxy) is 6. The average Bonchev–Trinajstić information content (AvgIpc) is 3.60. The zero-order valence-electron chi connectivity index (χ0n) is 31.9. The van der Waals surface area contributed by atoms with Crippen LogP contribution in [0.15, 0.2) is 0 Å². The molecule has 4 heterocycles. The van der Waals surface area contributed by atoms with Gasteiger partial charge >= 0.3 is 0 Å². The molecule has 0 bridgehead atoms. The van der Waals surface area contributed by atoms with Crippen LogP contribution in [0.1, 0.15) is 79.1 Å². The van der Waals surface area contributed by atoms with Crippen LogP contribution in [0.5, 0.6) is 0 Å². The zero-order chi connectivity index (χ0) is 38.6. The molecule has 15 nitrogen and oxygen atoms in total. The molecule has 9 N–H and O–H groups in total. The van der Waals surface area contributed by atoms with Crippen molar-refractivity contribution in [3.63, 3.8) is 0 Å². The fourth-order valence-electron chi connectivity index (χ4n) is 13.4. The molecule has 310 valence electrons. The topological polar surface area (TPSA) is 237 Å².